The van der Waals surface area contributed by atoms with Gasteiger partial charge in [-0.05, 0) is 57.7 Å². The molecule has 0 radical (unpaired) electrons. The molecule has 2 rings (SSSR count). The maximum atomic E-state index is 11.9. The minimum atomic E-state index is 0.0476. The number of likely N-dealkylation sites (tertiary alicyclic amines) is 1. The zero-order chi connectivity index (χ0) is 15.2. The molecule has 1 saturated heterocycles. The highest BCUT2D eigenvalue weighted by atomic mass is 16.1. The standard InChI is InChI=1S/C16H26N4O/c1-19(12-15-4-3-10-20(15)2)11-9-16(21)18-14-7-5-13(17)6-8-14/h5-8,15H,3-4,9-12,17H2,1-2H3,(H,18,21). The number of likely N-dealkylation sites (N-methyl/N-ethyl adjacent to an activating group) is 2. The summed E-state index contributed by atoms with van der Waals surface area (Å²) in [5, 5.41) is 2.90. The van der Waals surface area contributed by atoms with Gasteiger partial charge >= 0.3 is 0 Å². The van der Waals surface area contributed by atoms with E-state index in [1.54, 1.807) is 12.1 Å². The van der Waals surface area contributed by atoms with Gasteiger partial charge in [-0.2, -0.15) is 0 Å². The van der Waals surface area contributed by atoms with Crippen molar-refractivity contribution in [2.24, 2.45) is 0 Å². The fourth-order valence-electron chi connectivity index (χ4n) is 2.74. The van der Waals surface area contributed by atoms with Crippen molar-refractivity contribution in [3.05, 3.63) is 24.3 Å². The topological polar surface area (TPSA) is 61.6 Å². The molecule has 1 aromatic rings. The molecule has 3 N–H and O–H groups in total. The van der Waals surface area contributed by atoms with Crippen LogP contribution in [0, 0.1) is 0 Å². The molecule has 21 heavy (non-hydrogen) atoms. The molecule has 0 bridgehead atoms. The molecule has 116 valence electrons. The van der Waals surface area contributed by atoms with Gasteiger partial charge in [-0.3, -0.25) is 4.79 Å². The number of anilines is 2. The maximum absolute atomic E-state index is 11.9. The van der Waals surface area contributed by atoms with Crippen LogP contribution in [0.15, 0.2) is 24.3 Å². The number of nitrogen functional groups attached to an aromatic ring is 1. The van der Waals surface area contributed by atoms with Crippen molar-refractivity contribution >= 4 is 17.3 Å². The Morgan fingerprint density at radius 2 is 2.14 bits per heavy atom. The summed E-state index contributed by atoms with van der Waals surface area (Å²) in [4.78, 5) is 16.6. The molecule has 1 fully saturated rings. The van der Waals surface area contributed by atoms with E-state index in [9.17, 15) is 4.79 Å². The monoisotopic (exact) mass is 290 g/mol. The van der Waals surface area contributed by atoms with E-state index in [4.69, 9.17) is 5.73 Å². The number of carbonyl (C=O) groups excluding carboxylic acids is 1. The number of carbonyl (C=O) groups is 1. The van der Waals surface area contributed by atoms with Crippen LogP contribution in [-0.2, 0) is 4.79 Å². The molecule has 1 amide bonds. The summed E-state index contributed by atoms with van der Waals surface area (Å²) in [6.45, 7) is 3.01. The first-order chi connectivity index (χ1) is 10.0. The van der Waals surface area contributed by atoms with E-state index >= 15 is 0 Å². The summed E-state index contributed by atoms with van der Waals surface area (Å²) in [7, 11) is 4.27. The number of nitrogens with one attached hydrogen (secondary N) is 1. The van der Waals surface area contributed by atoms with E-state index in [0.717, 1.165) is 18.8 Å². The first-order valence-corrected chi connectivity index (χ1v) is 7.59. The van der Waals surface area contributed by atoms with Crippen LogP contribution in [0.4, 0.5) is 11.4 Å². The first-order valence-electron chi connectivity index (χ1n) is 7.59. The summed E-state index contributed by atoms with van der Waals surface area (Å²) >= 11 is 0. The normalized spacial score (nSPS) is 19.1. The van der Waals surface area contributed by atoms with Crippen LogP contribution in [0.2, 0.25) is 0 Å². The van der Waals surface area contributed by atoms with Gasteiger partial charge in [0.15, 0.2) is 0 Å². The van der Waals surface area contributed by atoms with E-state index in [1.807, 2.05) is 12.1 Å². The van der Waals surface area contributed by atoms with Crippen LogP contribution in [-0.4, -0.2) is 55.5 Å². The van der Waals surface area contributed by atoms with Crippen LogP contribution in [0.1, 0.15) is 19.3 Å². The van der Waals surface area contributed by atoms with E-state index in [0.29, 0.717) is 18.2 Å². The molecule has 0 aromatic heterocycles. The Kier molecular flexibility index (Phi) is 5.59. The lowest BCUT2D eigenvalue weighted by Crippen LogP contribution is -2.37. The van der Waals surface area contributed by atoms with Gasteiger partial charge in [0.25, 0.3) is 0 Å². The van der Waals surface area contributed by atoms with Gasteiger partial charge in [0.05, 0.1) is 0 Å². The SMILES string of the molecule is CN(CCC(=O)Nc1ccc(N)cc1)CC1CCCN1C. The second-order valence-corrected chi connectivity index (χ2v) is 5.96. The average Bonchev–Trinajstić information content (AvgIpc) is 2.85. The molecule has 1 aliphatic heterocycles. The van der Waals surface area contributed by atoms with E-state index in [-0.39, 0.29) is 5.91 Å². The number of hydrogen-bond donors (Lipinski definition) is 2. The highest BCUT2D eigenvalue weighted by molar-refractivity contribution is 5.90. The third kappa shape index (κ3) is 5.02. The largest absolute Gasteiger partial charge is 0.399 e. The summed E-state index contributed by atoms with van der Waals surface area (Å²) in [6, 6.07) is 7.86. The third-order valence-corrected chi connectivity index (χ3v) is 4.11. The van der Waals surface area contributed by atoms with Crippen molar-refractivity contribution in [2.75, 3.05) is 44.8 Å². The maximum Gasteiger partial charge on any atom is 0.225 e. The van der Waals surface area contributed by atoms with Gasteiger partial charge in [-0.1, -0.05) is 0 Å². The van der Waals surface area contributed by atoms with Crippen molar-refractivity contribution in [1.82, 2.24) is 9.80 Å². The fourth-order valence-corrected chi connectivity index (χ4v) is 2.74. The van der Waals surface area contributed by atoms with Crippen LogP contribution >= 0.6 is 0 Å². The third-order valence-electron chi connectivity index (χ3n) is 4.11. The number of nitrogens with two attached hydrogens (primary N) is 1. The van der Waals surface area contributed by atoms with Crippen LogP contribution in [0.25, 0.3) is 0 Å². The fraction of sp³-hybridized carbons (Fsp3) is 0.562. The Morgan fingerprint density at radius 3 is 2.76 bits per heavy atom. The molecule has 1 atom stereocenters. The van der Waals surface area contributed by atoms with Gasteiger partial charge in [0.1, 0.15) is 0 Å². The van der Waals surface area contributed by atoms with Gasteiger partial charge in [-0.25, -0.2) is 0 Å². The Hall–Kier alpha value is -1.59. The lowest BCUT2D eigenvalue weighted by atomic mass is 10.2. The molecule has 1 heterocycles. The van der Waals surface area contributed by atoms with Gasteiger partial charge < -0.3 is 20.9 Å². The van der Waals surface area contributed by atoms with Crippen molar-refractivity contribution in [3.63, 3.8) is 0 Å². The molecule has 1 unspecified atom stereocenters. The molecule has 5 heteroatoms. The quantitative estimate of drug-likeness (QED) is 0.782. The average molecular weight is 290 g/mol. The van der Waals surface area contributed by atoms with Gasteiger partial charge in [0.2, 0.25) is 5.91 Å². The highest BCUT2D eigenvalue weighted by Crippen LogP contribution is 2.15. The van der Waals surface area contributed by atoms with Crippen LogP contribution in [0.5, 0.6) is 0 Å². The van der Waals surface area contributed by atoms with Gasteiger partial charge in [0, 0.05) is 36.9 Å². The predicted molar refractivity (Wildman–Crippen MR) is 87.3 cm³/mol. The zero-order valence-electron chi connectivity index (χ0n) is 13.0. The van der Waals surface area contributed by atoms with Crippen molar-refractivity contribution < 1.29 is 4.79 Å². The number of benzene rings is 1. The molecule has 0 saturated carbocycles. The van der Waals surface area contributed by atoms with Crippen molar-refractivity contribution in [1.29, 1.82) is 0 Å². The second kappa shape index (κ2) is 7.43. The van der Waals surface area contributed by atoms with E-state index in [1.165, 1.54) is 19.4 Å². The van der Waals surface area contributed by atoms with E-state index < -0.39 is 0 Å². The highest BCUT2D eigenvalue weighted by Gasteiger charge is 2.22. The molecular formula is C16H26N4O. The molecule has 1 aromatic carbocycles. The van der Waals surface area contributed by atoms with Crippen molar-refractivity contribution in [2.45, 2.75) is 25.3 Å². The molecule has 5 nitrogen and oxygen atoms in total. The summed E-state index contributed by atoms with van der Waals surface area (Å²) < 4.78 is 0. The Labute approximate surface area is 127 Å². The minimum absolute atomic E-state index is 0.0476. The zero-order valence-corrected chi connectivity index (χ0v) is 13.0. The molecule has 0 spiro atoms. The summed E-state index contributed by atoms with van der Waals surface area (Å²) in [6.07, 6.45) is 3.06. The Bertz CT molecular complexity index is 460. The van der Waals surface area contributed by atoms with Gasteiger partial charge in [-0.15, -0.1) is 0 Å². The first kappa shape index (κ1) is 15.8. The smallest absolute Gasteiger partial charge is 0.225 e. The number of nitrogens with zero attached hydrogens (tertiary/aromatic N) is 2. The predicted octanol–water partition coefficient (Wildman–Crippen LogP) is 1.62. The second-order valence-electron chi connectivity index (χ2n) is 5.96. The number of amides is 1. The number of rotatable bonds is 6. The lowest BCUT2D eigenvalue weighted by molar-refractivity contribution is -0.116. The van der Waals surface area contributed by atoms with Crippen LogP contribution < -0.4 is 11.1 Å². The van der Waals surface area contributed by atoms with E-state index in [2.05, 4.69) is 29.2 Å². The van der Waals surface area contributed by atoms with Crippen molar-refractivity contribution in [3.8, 4) is 0 Å². The summed E-state index contributed by atoms with van der Waals surface area (Å²) in [5.74, 6) is 0.0476. The minimum Gasteiger partial charge on any atom is -0.399 e. The molecule has 0 aliphatic carbocycles. The number of hydrogen-bond acceptors (Lipinski definition) is 4. The Morgan fingerprint density at radius 1 is 1.43 bits per heavy atom. The Balaban J connectivity index is 1.69. The molecular weight excluding hydrogens is 264 g/mol. The molecule has 1 aliphatic rings. The summed E-state index contributed by atoms with van der Waals surface area (Å²) in [5.41, 5.74) is 7.12. The lowest BCUT2D eigenvalue weighted by Gasteiger charge is -2.25. The van der Waals surface area contributed by atoms with Crippen LogP contribution in [0.3, 0.4) is 0 Å².